The van der Waals surface area contributed by atoms with E-state index in [2.05, 4.69) is 31.8 Å². The van der Waals surface area contributed by atoms with E-state index in [1.807, 2.05) is 6.07 Å². The summed E-state index contributed by atoms with van der Waals surface area (Å²) in [4.78, 5) is 2.30. The first-order chi connectivity index (χ1) is 8.22. The fourth-order valence-corrected chi connectivity index (χ4v) is 2.25. The van der Waals surface area contributed by atoms with Crippen LogP contribution in [0, 0.1) is 17.8 Å². The summed E-state index contributed by atoms with van der Waals surface area (Å²) in [5.41, 5.74) is 5.33. The van der Waals surface area contributed by atoms with Crippen molar-refractivity contribution in [1.82, 2.24) is 0 Å². The molecule has 0 aliphatic heterocycles. The van der Waals surface area contributed by atoms with Crippen LogP contribution in [-0.4, -0.2) is 13.2 Å². The van der Waals surface area contributed by atoms with Crippen LogP contribution in [0.2, 0.25) is 0 Å². The lowest BCUT2D eigenvalue weighted by Gasteiger charge is -2.04. The van der Waals surface area contributed by atoms with E-state index in [0.29, 0.717) is 13.2 Å². The molecule has 0 unspecified atom stereocenters. The minimum Gasteiger partial charge on any atom is -0.376 e. The van der Waals surface area contributed by atoms with Gasteiger partial charge >= 0.3 is 0 Å². The molecule has 0 atom stereocenters. The van der Waals surface area contributed by atoms with E-state index in [4.69, 9.17) is 10.5 Å². The van der Waals surface area contributed by atoms with Crippen molar-refractivity contribution in [2.24, 2.45) is 11.7 Å². The molecule has 17 heavy (non-hydrogen) atoms. The zero-order valence-electron chi connectivity index (χ0n) is 10.7. The van der Waals surface area contributed by atoms with Crippen molar-refractivity contribution < 1.29 is 4.74 Å². The first-order valence-corrected chi connectivity index (χ1v) is 6.89. The van der Waals surface area contributed by atoms with Crippen LogP contribution in [0.3, 0.4) is 0 Å². The standard InChI is InChI=1S/C14H21NOS/c1-12(2)5-4-10-16-11-14-8-7-13(17-14)6-3-9-15/h7-8,12H,4-5,9-11,15H2,1-2H3. The minimum absolute atomic E-state index is 0.416. The lowest BCUT2D eigenvalue weighted by molar-refractivity contribution is 0.117. The molecule has 0 bridgehead atoms. The molecular formula is C14H21NOS. The second kappa shape index (κ2) is 8.30. The molecule has 1 rings (SSSR count). The number of hydrogen-bond donors (Lipinski definition) is 1. The SMILES string of the molecule is CC(C)CCCOCc1ccc(C#CCN)s1. The Kier molecular flexibility index (Phi) is 6.95. The lowest BCUT2D eigenvalue weighted by atomic mass is 10.1. The fourth-order valence-electron chi connectivity index (χ4n) is 1.43. The largest absolute Gasteiger partial charge is 0.376 e. The molecule has 0 aromatic carbocycles. The Bertz CT molecular complexity index is 373. The van der Waals surface area contributed by atoms with Gasteiger partial charge in [-0.1, -0.05) is 25.7 Å². The summed E-state index contributed by atoms with van der Waals surface area (Å²) < 4.78 is 5.63. The summed E-state index contributed by atoms with van der Waals surface area (Å²) in [5.74, 6) is 6.65. The van der Waals surface area contributed by atoms with Gasteiger partial charge in [-0.25, -0.2) is 0 Å². The van der Waals surface area contributed by atoms with E-state index in [-0.39, 0.29) is 0 Å². The zero-order chi connectivity index (χ0) is 12.5. The van der Waals surface area contributed by atoms with Gasteiger partial charge in [0.05, 0.1) is 18.0 Å². The van der Waals surface area contributed by atoms with Gasteiger partial charge in [-0.3, -0.25) is 0 Å². The van der Waals surface area contributed by atoms with E-state index >= 15 is 0 Å². The molecule has 3 heteroatoms. The Morgan fingerprint density at radius 1 is 1.41 bits per heavy atom. The van der Waals surface area contributed by atoms with Crippen molar-refractivity contribution in [2.45, 2.75) is 33.3 Å². The highest BCUT2D eigenvalue weighted by Crippen LogP contribution is 2.16. The zero-order valence-corrected chi connectivity index (χ0v) is 11.5. The molecule has 1 aromatic heterocycles. The predicted molar refractivity (Wildman–Crippen MR) is 74.0 cm³/mol. The van der Waals surface area contributed by atoms with Gasteiger partial charge in [-0.2, -0.15) is 0 Å². The highest BCUT2D eigenvalue weighted by Gasteiger charge is 1.99. The normalized spacial score (nSPS) is 10.4. The third-order valence-electron chi connectivity index (χ3n) is 2.29. The van der Waals surface area contributed by atoms with Crippen LogP contribution < -0.4 is 5.73 Å². The summed E-state index contributed by atoms with van der Waals surface area (Å²) in [6.45, 7) is 6.44. The van der Waals surface area contributed by atoms with Crippen molar-refractivity contribution in [1.29, 1.82) is 0 Å². The van der Waals surface area contributed by atoms with E-state index in [0.717, 1.165) is 23.8 Å². The number of hydrogen-bond acceptors (Lipinski definition) is 3. The molecule has 0 spiro atoms. The molecule has 2 N–H and O–H groups in total. The molecule has 0 aliphatic carbocycles. The highest BCUT2D eigenvalue weighted by atomic mass is 32.1. The lowest BCUT2D eigenvalue weighted by Crippen LogP contribution is -1.96. The minimum atomic E-state index is 0.416. The Balaban J connectivity index is 2.21. The average Bonchev–Trinajstić information content (AvgIpc) is 2.73. The van der Waals surface area contributed by atoms with Crippen molar-refractivity contribution in [2.75, 3.05) is 13.2 Å². The Morgan fingerprint density at radius 2 is 2.24 bits per heavy atom. The molecule has 0 amide bonds. The second-order valence-corrected chi connectivity index (χ2v) is 5.53. The van der Waals surface area contributed by atoms with E-state index in [9.17, 15) is 0 Å². The summed E-state index contributed by atoms with van der Waals surface area (Å²) in [6, 6.07) is 4.10. The average molecular weight is 251 g/mol. The molecule has 0 fully saturated rings. The van der Waals surface area contributed by atoms with Crippen molar-refractivity contribution >= 4 is 11.3 Å². The number of ether oxygens (including phenoxy) is 1. The van der Waals surface area contributed by atoms with Gasteiger partial charge in [-0.15, -0.1) is 11.3 Å². The molecule has 1 aromatic rings. The van der Waals surface area contributed by atoms with Gasteiger partial charge < -0.3 is 10.5 Å². The van der Waals surface area contributed by atoms with E-state index in [1.165, 1.54) is 11.3 Å². The van der Waals surface area contributed by atoms with E-state index in [1.54, 1.807) is 11.3 Å². The smallest absolute Gasteiger partial charge is 0.0809 e. The van der Waals surface area contributed by atoms with E-state index < -0.39 is 0 Å². The molecule has 0 radical (unpaired) electrons. The summed E-state index contributed by atoms with van der Waals surface area (Å²) in [7, 11) is 0. The molecule has 0 aliphatic rings. The fraction of sp³-hybridized carbons (Fsp3) is 0.571. The molecule has 0 saturated carbocycles. The third kappa shape index (κ3) is 6.48. The van der Waals surface area contributed by atoms with Gasteiger partial charge in [0.15, 0.2) is 0 Å². The molecule has 0 saturated heterocycles. The van der Waals surface area contributed by atoms with Crippen LogP contribution in [-0.2, 0) is 11.3 Å². The Morgan fingerprint density at radius 3 is 2.94 bits per heavy atom. The maximum atomic E-state index is 5.63. The van der Waals surface area contributed by atoms with Gasteiger partial charge in [0.1, 0.15) is 0 Å². The van der Waals surface area contributed by atoms with Crippen LogP contribution in [0.25, 0.3) is 0 Å². The summed E-state index contributed by atoms with van der Waals surface area (Å²) >= 11 is 1.68. The summed E-state index contributed by atoms with van der Waals surface area (Å²) in [6.07, 6.45) is 2.38. The monoisotopic (exact) mass is 251 g/mol. The molecule has 2 nitrogen and oxygen atoms in total. The molecular weight excluding hydrogens is 230 g/mol. The Labute approximate surface area is 108 Å². The van der Waals surface area contributed by atoms with Crippen LogP contribution >= 0.6 is 11.3 Å². The van der Waals surface area contributed by atoms with Crippen LogP contribution in [0.5, 0.6) is 0 Å². The van der Waals surface area contributed by atoms with Crippen molar-refractivity contribution in [3.8, 4) is 11.8 Å². The van der Waals surface area contributed by atoms with Crippen molar-refractivity contribution in [3.63, 3.8) is 0 Å². The van der Waals surface area contributed by atoms with Crippen molar-refractivity contribution in [3.05, 3.63) is 21.9 Å². The first kappa shape index (κ1) is 14.2. The maximum absolute atomic E-state index is 5.63. The van der Waals surface area contributed by atoms with Crippen LogP contribution in [0.15, 0.2) is 12.1 Å². The first-order valence-electron chi connectivity index (χ1n) is 6.07. The van der Waals surface area contributed by atoms with Gasteiger partial charge in [0.2, 0.25) is 0 Å². The second-order valence-electron chi connectivity index (χ2n) is 4.36. The number of rotatable bonds is 6. The summed E-state index contributed by atoms with van der Waals surface area (Å²) in [5, 5.41) is 0. The number of nitrogens with two attached hydrogens (primary N) is 1. The highest BCUT2D eigenvalue weighted by molar-refractivity contribution is 7.12. The molecule has 94 valence electrons. The van der Waals surface area contributed by atoms with Crippen LogP contribution in [0.1, 0.15) is 36.4 Å². The number of thiophene rings is 1. The predicted octanol–water partition coefficient (Wildman–Crippen LogP) is 3.01. The Hall–Kier alpha value is -0.820. The quantitative estimate of drug-likeness (QED) is 0.623. The van der Waals surface area contributed by atoms with Gasteiger partial charge in [0.25, 0.3) is 0 Å². The van der Waals surface area contributed by atoms with Crippen LogP contribution in [0.4, 0.5) is 0 Å². The third-order valence-corrected chi connectivity index (χ3v) is 3.26. The topological polar surface area (TPSA) is 35.2 Å². The van der Waals surface area contributed by atoms with Gasteiger partial charge in [-0.05, 0) is 30.9 Å². The molecule has 1 heterocycles. The van der Waals surface area contributed by atoms with Gasteiger partial charge in [0, 0.05) is 11.5 Å². The maximum Gasteiger partial charge on any atom is 0.0809 e.